The van der Waals surface area contributed by atoms with E-state index in [-0.39, 0.29) is 17.7 Å². The summed E-state index contributed by atoms with van der Waals surface area (Å²) in [4.78, 5) is 27.8. The zero-order valence-corrected chi connectivity index (χ0v) is 16.4. The topological polar surface area (TPSA) is 88.5 Å². The van der Waals surface area contributed by atoms with E-state index < -0.39 is 35.0 Å². The van der Waals surface area contributed by atoms with Gasteiger partial charge in [0.2, 0.25) is 5.88 Å². The first-order valence-corrected chi connectivity index (χ1v) is 9.34. The predicted molar refractivity (Wildman–Crippen MR) is 107 cm³/mol. The summed E-state index contributed by atoms with van der Waals surface area (Å²) in [5.74, 6) is -2.96. The first-order chi connectivity index (χ1) is 14.3. The highest BCUT2D eigenvalue weighted by Crippen LogP contribution is 2.29. The Morgan fingerprint density at radius 2 is 1.87 bits per heavy atom. The number of amides is 1. The van der Waals surface area contributed by atoms with Gasteiger partial charge in [-0.1, -0.05) is 19.1 Å². The van der Waals surface area contributed by atoms with E-state index in [1.165, 1.54) is 12.3 Å². The Labute approximate surface area is 171 Å². The van der Waals surface area contributed by atoms with Crippen molar-refractivity contribution in [1.82, 2.24) is 10.3 Å². The van der Waals surface area contributed by atoms with E-state index in [1.54, 1.807) is 32.0 Å². The van der Waals surface area contributed by atoms with Gasteiger partial charge in [-0.25, -0.2) is 18.6 Å². The van der Waals surface area contributed by atoms with E-state index >= 15 is 0 Å². The molecule has 3 aromatic rings. The number of nitrogens with zero attached hydrogens (tertiary/aromatic N) is 1. The van der Waals surface area contributed by atoms with E-state index in [0.717, 1.165) is 12.1 Å². The van der Waals surface area contributed by atoms with Crippen LogP contribution >= 0.6 is 0 Å². The van der Waals surface area contributed by atoms with Crippen LogP contribution in [0.3, 0.4) is 0 Å². The lowest BCUT2D eigenvalue weighted by molar-refractivity contribution is 0.103. The van der Waals surface area contributed by atoms with Crippen LogP contribution in [0.1, 0.15) is 41.3 Å². The van der Waals surface area contributed by atoms with Gasteiger partial charge in [0.05, 0.1) is 12.2 Å². The number of hydrogen-bond donors (Lipinski definition) is 2. The molecule has 0 fully saturated rings. The minimum absolute atomic E-state index is 0.0158. The lowest BCUT2D eigenvalue weighted by Gasteiger charge is -2.14. The molecule has 1 amide bonds. The number of ether oxygens (including phenoxy) is 1. The van der Waals surface area contributed by atoms with Gasteiger partial charge in [0, 0.05) is 23.7 Å². The minimum atomic E-state index is -1.23. The molecule has 3 rings (SSSR count). The van der Waals surface area contributed by atoms with Gasteiger partial charge in [-0.2, -0.15) is 0 Å². The summed E-state index contributed by atoms with van der Waals surface area (Å²) in [6, 6.07) is 8.52. The first-order valence-electron chi connectivity index (χ1n) is 9.34. The highest BCUT2D eigenvalue weighted by atomic mass is 19.1. The average molecular weight is 414 g/mol. The molecule has 2 aromatic carbocycles. The molecule has 0 spiro atoms. The van der Waals surface area contributed by atoms with E-state index in [9.17, 15) is 18.4 Å². The Kier molecular flexibility index (Phi) is 6.25. The zero-order chi connectivity index (χ0) is 21.8. The molecule has 0 saturated heterocycles. The number of carbonyl (C=O) groups excluding carboxylic acids is 1. The van der Waals surface area contributed by atoms with Crippen LogP contribution in [0.2, 0.25) is 0 Å². The molecule has 0 aliphatic rings. The van der Waals surface area contributed by atoms with Crippen LogP contribution < -0.4 is 10.1 Å². The van der Waals surface area contributed by atoms with Crippen LogP contribution in [-0.2, 0) is 0 Å². The van der Waals surface area contributed by atoms with E-state index in [2.05, 4.69) is 10.3 Å². The van der Waals surface area contributed by atoms with Crippen LogP contribution in [0, 0.1) is 11.6 Å². The fraction of sp³-hybridized carbons (Fsp3) is 0.227. The summed E-state index contributed by atoms with van der Waals surface area (Å²) in [5.41, 5.74) is -0.294. The molecule has 0 aliphatic carbocycles. The van der Waals surface area contributed by atoms with Crippen molar-refractivity contribution in [2.75, 3.05) is 13.2 Å². The summed E-state index contributed by atoms with van der Waals surface area (Å²) in [6.07, 6.45) is 0.239. The van der Waals surface area contributed by atoms with E-state index in [0.29, 0.717) is 23.3 Å². The standard InChI is InChI=1S/C22H20F2N2O4/c1-3-30-21-16-6-4-5-15(14(16)7-8-25-21)20(27)19-17(23)9-13(10-18(19)24)12(2)11-26-22(28)29/h4-10,12,26H,3,11H2,1-2H3,(H,28,29). The smallest absolute Gasteiger partial charge is 0.404 e. The Bertz CT molecular complexity index is 1090. The lowest BCUT2D eigenvalue weighted by Crippen LogP contribution is -2.25. The molecule has 1 unspecified atom stereocenters. The van der Waals surface area contributed by atoms with Gasteiger partial charge >= 0.3 is 6.09 Å². The molecule has 6 nitrogen and oxygen atoms in total. The predicted octanol–water partition coefficient (Wildman–Crippen LogP) is 4.51. The van der Waals surface area contributed by atoms with Crippen LogP contribution in [-0.4, -0.2) is 35.1 Å². The van der Waals surface area contributed by atoms with Crippen molar-refractivity contribution >= 4 is 22.6 Å². The van der Waals surface area contributed by atoms with Crippen LogP contribution in [0.4, 0.5) is 13.6 Å². The number of carboxylic acid groups (broad SMARTS) is 1. The molecule has 0 radical (unpaired) electrons. The summed E-state index contributed by atoms with van der Waals surface area (Å²) in [6.45, 7) is 3.79. The number of ketones is 1. The first kappa shape index (κ1) is 21.2. The largest absolute Gasteiger partial charge is 0.478 e. The third-order valence-electron chi connectivity index (χ3n) is 4.72. The summed E-state index contributed by atoms with van der Waals surface area (Å²) in [7, 11) is 0. The summed E-state index contributed by atoms with van der Waals surface area (Å²) in [5, 5.41) is 11.9. The van der Waals surface area contributed by atoms with Gasteiger partial charge in [-0.3, -0.25) is 4.79 Å². The number of benzene rings is 2. The normalized spacial score (nSPS) is 11.9. The Morgan fingerprint density at radius 1 is 1.17 bits per heavy atom. The second kappa shape index (κ2) is 8.86. The maximum Gasteiger partial charge on any atom is 0.404 e. The number of pyridine rings is 1. The molecule has 0 bridgehead atoms. The second-order valence-corrected chi connectivity index (χ2v) is 6.73. The van der Waals surface area contributed by atoms with Crippen LogP contribution in [0.25, 0.3) is 10.8 Å². The van der Waals surface area contributed by atoms with Gasteiger partial charge in [0.15, 0.2) is 5.78 Å². The number of hydrogen-bond acceptors (Lipinski definition) is 4. The number of fused-ring (bicyclic) bond motifs is 1. The quantitative estimate of drug-likeness (QED) is 0.555. The molecule has 30 heavy (non-hydrogen) atoms. The Balaban J connectivity index is 2.02. The van der Waals surface area contributed by atoms with Gasteiger partial charge in [-0.15, -0.1) is 0 Å². The molecular formula is C22H20F2N2O4. The summed E-state index contributed by atoms with van der Waals surface area (Å²) < 4.78 is 35.0. The van der Waals surface area contributed by atoms with Crippen molar-refractivity contribution in [3.05, 3.63) is 70.9 Å². The SMILES string of the molecule is CCOc1nccc2c(C(=O)c3c(F)cc(C(C)CNC(=O)O)cc3F)cccc12. The molecular weight excluding hydrogens is 394 g/mol. The highest BCUT2D eigenvalue weighted by Gasteiger charge is 2.23. The van der Waals surface area contributed by atoms with Gasteiger partial charge < -0.3 is 15.2 Å². The number of aromatic nitrogens is 1. The zero-order valence-electron chi connectivity index (χ0n) is 16.4. The maximum atomic E-state index is 14.8. The van der Waals surface area contributed by atoms with Crippen molar-refractivity contribution < 1.29 is 28.2 Å². The van der Waals surface area contributed by atoms with Gasteiger partial charge in [0.1, 0.15) is 11.6 Å². The molecule has 1 aromatic heterocycles. The maximum absolute atomic E-state index is 14.8. The molecule has 1 atom stereocenters. The fourth-order valence-corrected chi connectivity index (χ4v) is 3.22. The number of rotatable bonds is 7. The van der Waals surface area contributed by atoms with Gasteiger partial charge in [0.25, 0.3) is 0 Å². The third-order valence-corrected chi connectivity index (χ3v) is 4.72. The minimum Gasteiger partial charge on any atom is -0.478 e. The molecule has 156 valence electrons. The molecule has 1 heterocycles. The van der Waals surface area contributed by atoms with Crippen molar-refractivity contribution in [3.8, 4) is 5.88 Å². The number of carbonyl (C=O) groups is 2. The number of halogens is 2. The van der Waals surface area contributed by atoms with E-state index in [4.69, 9.17) is 9.84 Å². The molecule has 8 heteroatoms. The van der Waals surface area contributed by atoms with Gasteiger partial charge in [-0.05, 0) is 48.1 Å². The number of nitrogens with one attached hydrogen (secondary N) is 1. The Hall–Kier alpha value is -3.55. The van der Waals surface area contributed by atoms with Crippen molar-refractivity contribution in [3.63, 3.8) is 0 Å². The average Bonchev–Trinajstić information content (AvgIpc) is 2.71. The fourth-order valence-electron chi connectivity index (χ4n) is 3.22. The Morgan fingerprint density at radius 3 is 2.50 bits per heavy atom. The van der Waals surface area contributed by atoms with Crippen molar-refractivity contribution in [1.29, 1.82) is 0 Å². The van der Waals surface area contributed by atoms with Crippen molar-refractivity contribution in [2.24, 2.45) is 0 Å². The van der Waals surface area contributed by atoms with E-state index in [1.807, 2.05) is 0 Å². The van der Waals surface area contributed by atoms with Crippen LogP contribution in [0.15, 0.2) is 42.6 Å². The third kappa shape index (κ3) is 4.22. The second-order valence-electron chi connectivity index (χ2n) is 6.73. The summed E-state index contributed by atoms with van der Waals surface area (Å²) >= 11 is 0. The highest BCUT2D eigenvalue weighted by molar-refractivity contribution is 6.17. The van der Waals surface area contributed by atoms with Crippen LogP contribution in [0.5, 0.6) is 5.88 Å². The monoisotopic (exact) mass is 414 g/mol. The molecule has 0 aliphatic heterocycles. The van der Waals surface area contributed by atoms with Crippen molar-refractivity contribution in [2.45, 2.75) is 19.8 Å². The molecule has 2 N–H and O–H groups in total. The molecule has 0 saturated carbocycles. The lowest BCUT2D eigenvalue weighted by atomic mass is 9.94.